The van der Waals surface area contributed by atoms with Crippen LogP contribution in [0.1, 0.15) is 18.1 Å². The molecule has 23 heavy (non-hydrogen) atoms. The molecule has 5 nitrogen and oxygen atoms in total. The molecular formula is C17H11BrN4O. The first-order chi connectivity index (χ1) is 11.1. The summed E-state index contributed by atoms with van der Waals surface area (Å²) >= 11 is 3.54. The highest BCUT2D eigenvalue weighted by molar-refractivity contribution is 9.10. The molecule has 0 bridgehead atoms. The normalized spacial score (nSPS) is 19.3. The minimum atomic E-state index is -1.13. The summed E-state index contributed by atoms with van der Waals surface area (Å²) in [4.78, 5) is 0. The van der Waals surface area contributed by atoms with Crippen molar-refractivity contribution in [3.63, 3.8) is 0 Å². The number of aromatic nitrogens is 4. The van der Waals surface area contributed by atoms with Crippen molar-refractivity contribution < 1.29 is 5.11 Å². The average Bonchev–Trinajstić information content (AvgIpc) is 3.10. The standard InChI is InChI=1S/C17H11BrN4O/c1-17(23)12-5-3-2-4-10(12)14-11-8-9(18)6-7-13(11)22-16(15(14)17)19-20-21-22/h2-8,23H,1H3. The van der Waals surface area contributed by atoms with E-state index in [1.807, 2.05) is 42.5 Å². The summed E-state index contributed by atoms with van der Waals surface area (Å²) in [6, 6.07) is 13.9. The van der Waals surface area contributed by atoms with E-state index in [4.69, 9.17) is 0 Å². The van der Waals surface area contributed by atoms with Gasteiger partial charge in [0.25, 0.3) is 0 Å². The van der Waals surface area contributed by atoms with Crippen LogP contribution >= 0.6 is 15.9 Å². The quantitative estimate of drug-likeness (QED) is 0.518. The second kappa shape index (κ2) is 4.15. The van der Waals surface area contributed by atoms with Gasteiger partial charge in [0.1, 0.15) is 5.60 Å². The van der Waals surface area contributed by atoms with Crippen molar-refractivity contribution in [2.24, 2.45) is 0 Å². The molecule has 0 aliphatic heterocycles. The molecule has 0 spiro atoms. The van der Waals surface area contributed by atoms with Crippen molar-refractivity contribution in [3.05, 3.63) is 58.1 Å². The summed E-state index contributed by atoms with van der Waals surface area (Å²) < 4.78 is 2.67. The smallest absolute Gasteiger partial charge is 0.186 e. The third kappa shape index (κ3) is 1.52. The van der Waals surface area contributed by atoms with E-state index in [1.54, 1.807) is 11.4 Å². The lowest BCUT2D eigenvalue weighted by Gasteiger charge is -2.20. The Balaban J connectivity index is 2.12. The Labute approximate surface area is 139 Å². The number of pyridine rings is 1. The maximum atomic E-state index is 11.2. The number of hydrogen-bond donors (Lipinski definition) is 1. The summed E-state index contributed by atoms with van der Waals surface area (Å²) in [5, 5.41) is 24.3. The van der Waals surface area contributed by atoms with E-state index in [0.717, 1.165) is 37.6 Å². The molecule has 1 unspecified atom stereocenters. The molecule has 0 fully saturated rings. The summed E-state index contributed by atoms with van der Waals surface area (Å²) in [5.74, 6) is 0. The van der Waals surface area contributed by atoms with Gasteiger partial charge in [-0.1, -0.05) is 40.2 Å². The van der Waals surface area contributed by atoms with E-state index >= 15 is 0 Å². The molecule has 1 aliphatic rings. The van der Waals surface area contributed by atoms with Gasteiger partial charge in [-0.3, -0.25) is 0 Å². The van der Waals surface area contributed by atoms with Gasteiger partial charge < -0.3 is 5.11 Å². The number of hydrogen-bond acceptors (Lipinski definition) is 4. The van der Waals surface area contributed by atoms with Crippen molar-refractivity contribution in [2.45, 2.75) is 12.5 Å². The van der Waals surface area contributed by atoms with E-state index < -0.39 is 5.60 Å². The third-order valence-electron chi connectivity index (χ3n) is 4.61. The molecule has 0 radical (unpaired) electrons. The topological polar surface area (TPSA) is 63.3 Å². The maximum Gasteiger partial charge on any atom is 0.186 e. The number of fused-ring (bicyclic) bond motifs is 8. The highest BCUT2D eigenvalue weighted by Gasteiger charge is 2.41. The molecule has 1 aliphatic carbocycles. The second-order valence-corrected chi connectivity index (χ2v) is 6.86. The summed E-state index contributed by atoms with van der Waals surface area (Å²) in [6.45, 7) is 1.80. The van der Waals surface area contributed by atoms with E-state index in [0.29, 0.717) is 5.65 Å². The first-order valence-electron chi connectivity index (χ1n) is 7.25. The van der Waals surface area contributed by atoms with Crippen LogP contribution in [0.4, 0.5) is 0 Å². The fourth-order valence-corrected chi connectivity index (χ4v) is 4.01. The molecule has 2 aromatic heterocycles. The molecule has 0 saturated carbocycles. The number of tetrazole rings is 1. The lowest BCUT2D eigenvalue weighted by atomic mass is 9.94. The first-order valence-corrected chi connectivity index (χ1v) is 8.04. The maximum absolute atomic E-state index is 11.2. The number of rotatable bonds is 0. The highest BCUT2D eigenvalue weighted by Crippen LogP contribution is 2.51. The van der Waals surface area contributed by atoms with Crippen molar-refractivity contribution in [1.29, 1.82) is 0 Å². The molecule has 1 N–H and O–H groups in total. The van der Waals surface area contributed by atoms with Gasteiger partial charge in [0.15, 0.2) is 5.65 Å². The predicted molar refractivity (Wildman–Crippen MR) is 90.1 cm³/mol. The van der Waals surface area contributed by atoms with E-state index in [1.165, 1.54) is 0 Å². The third-order valence-corrected chi connectivity index (χ3v) is 5.10. The van der Waals surface area contributed by atoms with Crippen molar-refractivity contribution >= 4 is 32.5 Å². The Hall–Kier alpha value is -2.31. The second-order valence-electron chi connectivity index (χ2n) is 5.94. The van der Waals surface area contributed by atoms with Crippen molar-refractivity contribution in [3.8, 4) is 11.1 Å². The van der Waals surface area contributed by atoms with E-state index in [2.05, 4.69) is 31.5 Å². The van der Waals surface area contributed by atoms with Crippen LogP contribution in [0.2, 0.25) is 0 Å². The zero-order valence-electron chi connectivity index (χ0n) is 12.2. The minimum Gasteiger partial charge on any atom is -0.380 e. The average molecular weight is 367 g/mol. The summed E-state index contributed by atoms with van der Waals surface area (Å²) in [7, 11) is 0. The molecule has 0 amide bonds. The van der Waals surface area contributed by atoms with Gasteiger partial charge in [-0.05, 0) is 46.7 Å². The van der Waals surface area contributed by atoms with Crippen molar-refractivity contribution in [1.82, 2.24) is 20.0 Å². The molecule has 1 atom stereocenters. The van der Waals surface area contributed by atoms with Crippen LogP contribution in [0.5, 0.6) is 0 Å². The van der Waals surface area contributed by atoms with Crippen LogP contribution in [0.15, 0.2) is 46.9 Å². The van der Waals surface area contributed by atoms with Crippen LogP contribution in [0.3, 0.4) is 0 Å². The van der Waals surface area contributed by atoms with Crippen LogP contribution in [0, 0.1) is 0 Å². The minimum absolute atomic E-state index is 0.594. The van der Waals surface area contributed by atoms with Gasteiger partial charge >= 0.3 is 0 Å². The lowest BCUT2D eigenvalue weighted by molar-refractivity contribution is 0.108. The van der Waals surface area contributed by atoms with Crippen molar-refractivity contribution in [2.75, 3.05) is 0 Å². The van der Waals surface area contributed by atoms with Gasteiger partial charge in [-0.15, -0.1) is 5.10 Å². The Morgan fingerprint density at radius 2 is 2.00 bits per heavy atom. The zero-order chi connectivity index (χ0) is 15.8. The molecule has 5 rings (SSSR count). The van der Waals surface area contributed by atoms with Crippen LogP contribution in [0.25, 0.3) is 27.7 Å². The fourth-order valence-electron chi connectivity index (χ4n) is 3.65. The lowest BCUT2D eigenvalue weighted by Crippen LogP contribution is -2.20. The van der Waals surface area contributed by atoms with Gasteiger partial charge in [-0.25, -0.2) is 0 Å². The Morgan fingerprint density at radius 3 is 2.87 bits per heavy atom. The zero-order valence-corrected chi connectivity index (χ0v) is 13.7. The van der Waals surface area contributed by atoms with Gasteiger partial charge in [-0.2, -0.15) is 4.52 Å². The molecule has 112 valence electrons. The molecule has 0 saturated heterocycles. The number of benzene rings is 2. The van der Waals surface area contributed by atoms with Crippen LogP contribution < -0.4 is 0 Å². The summed E-state index contributed by atoms with van der Waals surface area (Å²) in [5.41, 5.74) is 4.06. The number of halogens is 1. The number of aliphatic hydroxyl groups is 1. The van der Waals surface area contributed by atoms with E-state index in [-0.39, 0.29) is 0 Å². The van der Waals surface area contributed by atoms with Gasteiger partial charge in [0.2, 0.25) is 0 Å². The Kier molecular flexibility index (Phi) is 2.38. The molecule has 6 heteroatoms. The number of nitrogens with zero attached hydrogens (tertiary/aromatic N) is 4. The fraction of sp³-hybridized carbons (Fsp3) is 0.118. The largest absolute Gasteiger partial charge is 0.380 e. The highest BCUT2D eigenvalue weighted by atomic mass is 79.9. The van der Waals surface area contributed by atoms with Gasteiger partial charge in [0.05, 0.1) is 5.52 Å². The summed E-state index contributed by atoms with van der Waals surface area (Å²) in [6.07, 6.45) is 0. The monoisotopic (exact) mass is 366 g/mol. The SMILES string of the molecule is CC1(O)c2ccccc2-c2c1c1nnnn1c1ccc(Br)cc21. The molecule has 4 aromatic rings. The first kappa shape index (κ1) is 13.2. The van der Waals surface area contributed by atoms with Crippen LogP contribution in [-0.4, -0.2) is 25.1 Å². The van der Waals surface area contributed by atoms with Crippen LogP contribution in [-0.2, 0) is 5.60 Å². The Bertz CT molecular complexity index is 1120. The Morgan fingerprint density at radius 1 is 1.17 bits per heavy atom. The van der Waals surface area contributed by atoms with Gasteiger partial charge in [0, 0.05) is 21.0 Å². The van der Waals surface area contributed by atoms with E-state index in [9.17, 15) is 5.11 Å². The molecular weight excluding hydrogens is 356 g/mol. The molecule has 2 heterocycles. The predicted octanol–water partition coefficient (Wildman–Crippen LogP) is 3.28. The molecule has 2 aromatic carbocycles.